The molecule has 0 aliphatic carbocycles. The van der Waals surface area contributed by atoms with Gasteiger partial charge in [0.15, 0.2) is 9.84 Å². The van der Waals surface area contributed by atoms with Gasteiger partial charge in [-0.25, -0.2) is 13.4 Å². The van der Waals surface area contributed by atoms with E-state index in [0.29, 0.717) is 23.9 Å². The van der Waals surface area contributed by atoms with Gasteiger partial charge in [-0.2, -0.15) is 4.98 Å². The minimum absolute atomic E-state index is 0.0539. The summed E-state index contributed by atoms with van der Waals surface area (Å²) in [5.74, 6) is 1.77. The molecule has 1 saturated heterocycles. The lowest BCUT2D eigenvalue weighted by atomic mass is 10.2. The number of nitrogens with one attached hydrogen (secondary N) is 2. The van der Waals surface area contributed by atoms with Crippen molar-refractivity contribution in [3.8, 4) is 0 Å². The van der Waals surface area contributed by atoms with Crippen LogP contribution in [-0.4, -0.2) is 42.5 Å². The summed E-state index contributed by atoms with van der Waals surface area (Å²) in [6.07, 6.45) is 3.31. The van der Waals surface area contributed by atoms with E-state index in [0.717, 1.165) is 18.5 Å². The first-order valence-corrected chi connectivity index (χ1v) is 8.37. The first kappa shape index (κ1) is 14.0. The lowest BCUT2D eigenvalue weighted by Crippen LogP contribution is -2.35. The first-order chi connectivity index (χ1) is 9.00. The van der Waals surface area contributed by atoms with Crippen LogP contribution in [0, 0.1) is 6.92 Å². The van der Waals surface area contributed by atoms with Gasteiger partial charge in [-0.05, 0) is 26.7 Å². The highest BCUT2D eigenvalue weighted by atomic mass is 32.2. The van der Waals surface area contributed by atoms with Gasteiger partial charge in [0.05, 0.1) is 11.5 Å². The second kappa shape index (κ2) is 5.73. The van der Waals surface area contributed by atoms with Crippen LogP contribution < -0.4 is 10.6 Å². The van der Waals surface area contributed by atoms with Gasteiger partial charge >= 0.3 is 0 Å². The summed E-state index contributed by atoms with van der Waals surface area (Å²) in [6.45, 7) is 4.64. The molecule has 1 aliphatic heterocycles. The number of hydrogen-bond donors (Lipinski definition) is 2. The molecule has 2 N–H and O–H groups in total. The molecule has 19 heavy (non-hydrogen) atoms. The van der Waals surface area contributed by atoms with Crippen molar-refractivity contribution in [2.24, 2.45) is 0 Å². The van der Waals surface area contributed by atoms with E-state index in [-0.39, 0.29) is 11.8 Å². The maximum Gasteiger partial charge on any atom is 0.224 e. The average Bonchev–Trinajstić information content (AvgIpc) is 2.32. The number of anilines is 2. The van der Waals surface area contributed by atoms with Crippen molar-refractivity contribution >= 4 is 21.6 Å². The van der Waals surface area contributed by atoms with Crippen molar-refractivity contribution in [3.63, 3.8) is 0 Å². The summed E-state index contributed by atoms with van der Waals surface area (Å²) in [5.41, 5.74) is 0.921. The van der Waals surface area contributed by atoms with Crippen molar-refractivity contribution in [2.45, 2.75) is 32.7 Å². The van der Waals surface area contributed by atoms with Crippen molar-refractivity contribution in [2.75, 3.05) is 28.7 Å². The average molecular weight is 284 g/mol. The molecule has 7 heteroatoms. The van der Waals surface area contributed by atoms with Gasteiger partial charge in [0, 0.05) is 24.3 Å². The third-order valence-electron chi connectivity index (χ3n) is 3.11. The molecular weight excluding hydrogens is 264 g/mol. The van der Waals surface area contributed by atoms with E-state index in [9.17, 15) is 8.42 Å². The molecule has 0 spiro atoms. The van der Waals surface area contributed by atoms with Crippen LogP contribution in [0.25, 0.3) is 0 Å². The molecule has 2 rings (SSSR count). The highest BCUT2D eigenvalue weighted by molar-refractivity contribution is 7.91. The zero-order valence-electron chi connectivity index (χ0n) is 11.3. The number of rotatable bonds is 4. The molecule has 0 radical (unpaired) electrons. The molecular formula is C12H20N4O2S. The SMILES string of the molecule is CCNc1ncc(C)c(NC2CCCS(=O)(=O)C2)n1. The fourth-order valence-corrected chi connectivity index (χ4v) is 3.80. The Balaban J connectivity index is 2.11. The second-order valence-electron chi connectivity index (χ2n) is 4.85. The van der Waals surface area contributed by atoms with Gasteiger partial charge in [0.1, 0.15) is 5.82 Å². The zero-order chi connectivity index (χ0) is 13.9. The molecule has 1 aromatic rings. The third kappa shape index (κ3) is 3.79. The summed E-state index contributed by atoms with van der Waals surface area (Å²) in [4.78, 5) is 8.55. The van der Waals surface area contributed by atoms with Gasteiger partial charge in [-0.3, -0.25) is 0 Å². The molecule has 1 aliphatic rings. The highest BCUT2D eigenvalue weighted by Gasteiger charge is 2.25. The predicted octanol–water partition coefficient (Wildman–Crippen LogP) is 1.21. The molecule has 1 atom stereocenters. The lowest BCUT2D eigenvalue weighted by Gasteiger charge is -2.24. The van der Waals surface area contributed by atoms with E-state index < -0.39 is 9.84 Å². The Labute approximate surface area is 114 Å². The van der Waals surface area contributed by atoms with Crippen molar-refractivity contribution in [1.82, 2.24) is 9.97 Å². The normalized spacial score (nSPS) is 21.9. The van der Waals surface area contributed by atoms with Crippen LogP contribution in [0.4, 0.5) is 11.8 Å². The van der Waals surface area contributed by atoms with Gasteiger partial charge in [0.2, 0.25) is 5.95 Å². The summed E-state index contributed by atoms with van der Waals surface area (Å²) >= 11 is 0. The molecule has 0 bridgehead atoms. The summed E-state index contributed by atoms with van der Waals surface area (Å²) in [7, 11) is -2.91. The maximum absolute atomic E-state index is 11.6. The molecule has 2 heterocycles. The minimum atomic E-state index is -2.91. The van der Waals surface area contributed by atoms with E-state index >= 15 is 0 Å². The largest absolute Gasteiger partial charge is 0.366 e. The predicted molar refractivity (Wildman–Crippen MR) is 76.2 cm³/mol. The van der Waals surface area contributed by atoms with Crippen LogP contribution in [0.15, 0.2) is 6.20 Å². The van der Waals surface area contributed by atoms with Crippen LogP contribution in [-0.2, 0) is 9.84 Å². The molecule has 0 saturated carbocycles. The van der Waals surface area contributed by atoms with Crippen molar-refractivity contribution in [3.05, 3.63) is 11.8 Å². The molecule has 6 nitrogen and oxygen atoms in total. The Morgan fingerprint density at radius 2 is 2.26 bits per heavy atom. The Morgan fingerprint density at radius 3 is 2.95 bits per heavy atom. The Morgan fingerprint density at radius 1 is 1.47 bits per heavy atom. The summed E-state index contributed by atoms with van der Waals surface area (Å²) < 4.78 is 23.2. The smallest absolute Gasteiger partial charge is 0.224 e. The van der Waals surface area contributed by atoms with Gasteiger partial charge < -0.3 is 10.6 Å². The van der Waals surface area contributed by atoms with Crippen LogP contribution in [0.2, 0.25) is 0 Å². The monoisotopic (exact) mass is 284 g/mol. The summed E-state index contributed by atoms with van der Waals surface area (Å²) in [6, 6.07) is -0.0539. The quantitative estimate of drug-likeness (QED) is 0.864. The van der Waals surface area contributed by atoms with Gasteiger partial charge in [-0.15, -0.1) is 0 Å². The first-order valence-electron chi connectivity index (χ1n) is 6.54. The molecule has 0 aromatic carbocycles. The molecule has 0 amide bonds. The summed E-state index contributed by atoms with van der Waals surface area (Å²) in [5, 5.41) is 6.28. The number of aromatic nitrogens is 2. The van der Waals surface area contributed by atoms with Crippen LogP contribution in [0.3, 0.4) is 0 Å². The standard InChI is InChI=1S/C12H20N4O2S/c1-3-13-12-14-7-9(2)11(16-12)15-10-5-4-6-19(17,18)8-10/h7,10H,3-6,8H2,1-2H3,(H2,13,14,15,16). The number of aryl methyl sites for hydroxylation is 1. The molecule has 1 aromatic heterocycles. The highest BCUT2D eigenvalue weighted by Crippen LogP contribution is 2.19. The fourth-order valence-electron chi connectivity index (χ4n) is 2.16. The van der Waals surface area contributed by atoms with Gasteiger partial charge in [0.25, 0.3) is 0 Å². The van der Waals surface area contributed by atoms with E-state index in [4.69, 9.17) is 0 Å². The van der Waals surface area contributed by atoms with Crippen LogP contribution >= 0.6 is 0 Å². The third-order valence-corrected chi connectivity index (χ3v) is 4.93. The van der Waals surface area contributed by atoms with E-state index in [2.05, 4.69) is 20.6 Å². The van der Waals surface area contributed by atoms with Crippen LogP contribution in [0.5, 0.6) is 0 Å². The zero-order valence-corrected chi connectivity index (χ0v) is 12.1. The fraction of sp³-hybridized carbons (Fsp3) is 0.667. The number of sulfone groups is 1. The maximum atomic E-state index is 11.6. The lowest BCUT2D eigenvalue weighted by molar-refractivity contribution is 0.561. The molecule has 1 unspecified atom stereocenters. The van der Waals surface area contributed by atoms with Crippen molar-refractivity contribution < 1.29 is 8.42 Å². The molecule has 1 fully saturated rings. The van der Waals surface area contributed by atoms with Crippen molar-refractivity contribution in [1.29, 1.82) is 0 Å². The van der Waals surface area contributed by atoms with E-state index in [1.807, 2.05) is 13.8 Å². The number of nitrogens with zero attached hydrogens (tertiary/aromatic N) is 2. The topological polar surface area (TPSA) is 84.0 Å². The van der Waals surface area contributed by atoms with E-state index in [1.54, 1.807) is 6.20 Å². The second-order valence-corrected chi connectivity index (χ2v) is 7.08. The number of hydrogen-bond acceptors (Lipinski definition) is 6. The van der Waals surface area contributed by atoms with E-state index in [1.165, 1.54) is 0 Å². The Hall–Kier alpha value is -1.37. The Kier molecular flexibility index (Phi) is 4.24. The molecule has 106 valence electrons. The Bertz CT molecular complexity index is 545. The minimum Gasteiger partial charge on any atom is -0.366 e. The van der Waals surface area contributed by atoms with Gasteiger partial charge in [-0.1, -0.05) is 0 Å². The van der Waals surface area contributed by atoms with Crippen LogP contribution in [0.1, 0.15) is 25.3 Å².